The first kappa shape index (κ1) is 19.8. The van der Waals surface area contributed by atoms with Crippen molar-refractivity contribution < 1.29 is 18.8 Å². The Kier molecular flexibility index (Phi) is 5.51. The van der Waals surface area contributed by atoms with Crippen LogP contribution in [-0.2, 0) is 14.0 Å². The first-order chi connectivity index (χ1) is 11.5. The van der Waals surface area contributed by atoms with E-state index in [0.717, 1.165) is 22.3 Å². The molecule has 1 aliphatic heterocycles. The van der Waals surface area contributed by atoms with Crippen LogP contribution in [0.4, 0.5) is 0 Å². The Balaban J connectivity index is 2.37. The van der Waals surface area contributed by atoms with E-state index in [1.807, 2.05) is 47.6 Å². The van der Waals surface area contributed by atoms with Crippen molar-refractivity contribution in [2.75, 3.05) is 13.2 Å². The smallest absolute Gasteiger partial charge is 0.461 e. The van der Waals surface area contributed by atoms with Crippen LogP contribution in [0, 0.1) is 13.8 Å². The molecular weight excluding hydrogens is 319 g/mol. The third-order valence-electron chi connectivity index (χ3n) is 5.10. The van der Waals surface area contributed by atoms with E-state index >= 15 is 0 Å². The average Bonchev–Trinajstić information content (AvgIpc) is 2.90. The van der Waals surface area contributed by atoms with Gasteiger partial charge < -0.3 is 24.8 Å². The summed E-state index contributed by atoms with van der Waals surface area (Å²) in [4.78, 5) is 15.2. The third kappa shape index (κ3) is 3.68. The second-order valence-corrected chi connectivity index (χ2v) is 7.40. The molecular formula is C18H29BN2O4. The molecule has 0 spiro atoms. The zero-order valence-corrected chi connectivity index (χ0v) is 16.3. The fraction of sp³-hybridized carbons (Fsp3) is 0.611. The molecule has 7 heteroatoms. The molecule has 0 bridgehead atoms. The van der Waals surface area contributed by atoms with Crippen molar-refractivity contribution in [2.45, 2.75) is 59.7 Å². The van der Waals surface area contributed by atoms with Gasteiger partial charge in [0, 0.05) is 12.2 Å². The molecule has 138 valence electrons. The molecule has 0 unspecified atom stereocenters. The molecule has 0 radical (unpaired) electrons. The number of hydrogen-bond acceptors (Lipinski definition) is 5. The van der Waals surface area contributed by atoms with E-state index in [9.17, 15) is 4.79 Å². The van der Waals surface area contributed by atoms with Crippen molar-refractivity contribution in [2.24, 2.45) is 5.73 Å². The van der Waals surface area contributed by atoms with Gasteiger partial charge in [0.2, 0.25) is 0 Å². The van der Waals surface area contributed by atoms with Crippen LogP contribution < -0.4 is 5.73 Å². The Labute approximate surface area is 150 Å². The van der Waals surface area contributed by atoms with Gasteiger partial charge in [-0.2, -0.15) is 0 Å². The SMILES string of the molecule is CCOC(=O)c1[nH]c(C)c(C=C(CN)B2OC(C)(C)C(C)(C)O2)c1C. The van der Waals surface area contributed by atoms with Crippen LogP contribution in [0.2, 0.25) is 0 Å². The van der Waals surface area contributed by atoms with E-state index in [1.165, 1.54) is 0 Å². The molecule has 1 saturated heterocycles. The molecule has 0 amide bonds. The lowest BCUT2D eigenvalue weighted by atomic mass is 9.77. The molecule has 3 N–H and O–H groups in total. The van der Waals surface area contributed by atoms with E-state index in [0.29, 0.717) is 18.8 Å². The Morgan fingerprint density at radius 1 is 1.24 bits per heavy atom. The lowest BCUT2D eigenvalue weighted by molar-refractivity contribution is 0.00578. The highest BCUT2D eigenvalue weighted by atomic mass is 16.7. The van der Waals surface area contributed by atoms with Crippen molar-refractivity contribution in [3.8, 4) is 0 Å². The summed E-state index contributed by atoms with van der Waals surface area (Å²) in [7, 11) is -0.505. The number of carbonyl (C=O) groups excluding carboxylic acids is 1. The van der Waals surface area contributed by atoms with Crippen LogP contribution in [0.3, 0.4) is 0 Å². The molecule has 0 aromatic carbocycles. The lowest BCUT2D eigenvalue weighted by Gasteiger charge is -2.32. The van der Waals surface area contributed by atoms with Crippen molar-refractivity contribution in [1.29, 1.82) is 0 Å². The van der Waals surface area contributed by atoms with E-state index in [1.54, 1.807) is 6.92 Å². The number of rotatable bonds is 5. The monoisotopic (exact) mass is 348 g/mol. The molecule has 1 aromatic rings. The average molecular weight is 348 g/mol. The molecule has 0 atom stereocenters. The summed E-state index contributed by atoms with van der Waals surface area (Å²) < 4.78 is 17.3. The maximum Gasteiger partial charge on any atom is 0.491 e. The summed E-state index contributed by atoms with van der Waals surface area (Å²) in [5, 5.41) is 0. The number of H-pyrrole nitrogens is 1. The second kappa shape index (κ2) is 6.98. The minimum Gasteiger partial charge on any atom is -0.461 e. The zero-order chi connectivity index (χ0) is 19.0. The predicted molar refractivity (Wildman–Crippen MR) is 99.3 cm³/mol. The fourth-order valence-electron chi connectivity index (χ4n) is 2.79. The number of ether oxygens (including phenoxy) is 1. The Morgan fingerprint density at radius 3 is 2.28 bits per heavy atom. The fourth-order valence-corrected chi connectivity index (χ4v) is 2.79. The first-order valence-corrected chi connectivity index (χ1v) is 8.66. The quantitative estimate of drug-likeness (QED) is 0.631. The van der Waals surface area contributed by atoms with Crippen molar-refractivity contribution in [3.05, 3.63) is 28.0 Å². The summed E-state index contributed by atoms with van der Waals surface area (Å²) in [5.41, 5.74) is 9.03. The van der Waals surface area contributed by atoms with E-state index in [2.05, 4.69) is 4.98 Å². The number of nitrogens with one attached hydrogen (secondary N) is 1. The van der Waals surface area contributed by atoms with E-state index in [4.69, 9.17) is 19.8 Å². The topological polar surface area (TPSA) is 86.6 Å². The van der Waals surface area contributed by atoms with Crippen LogP contribution >= 0.6 is 0 Å². The maximum absolute atomic E-state index is 12.1. The van der Waals surface area contributed by atoms with Crippen LogP contribution in [0.15, 0.2) is 5.47 Å². The van der Waals surface area contributed by atoms with E-state index < -0.39 is 18.3 Å². The number of esters is 1. The van der Waals surface area contributed by atoms with Gasteiger partial charge in [-0.15, -0.1) is 0 Å². The van der Waals surface area contributed by atoms with E-state index in [-0.39, 0.29) is 5.97 Å². The Bertz CT molecular complexity index is 675. The second-order valence-electron chi connectivity index (χ2n) is 7.40. The van der Waals surface area contributed by atoms with Crippen molar-refractivity contribution in [3.63, 3.8) is 0 Å². The normalized spacial score (nSPS) is 19.4. The van der Waals surface area contributed by atoms with Crippen LogP contribution in [0.1, 0.15) is 61.9 Å². The highest BCUT2D eigenvalue weighted by Crippen LogP contribution is 2.39. The molecule has 1 aromatic heterocycles. The number of aromatic amines is 1. The van der Waals surface area contributed by atoms with Gasteiger partial charge in [0.25, 0.3) is 0 Å². The molecule has 2 rings (SSSR count). The number of hydrogen-bond donors (Lipinski definition) is 2. The molecule has 0 saturated carbocycles. The van der Waals surface area contributed by atoms with Crippen LogP contribution in [0.25, 0.3) is 6.08 Å². The van der Waals surface area contributed by atoms with Gasteiger partial charge in [0.1, 0.15) is 5.69 Å². The number of aromatic nitrogens is 1. The Hall–Kier alpha value is -1.57. The molecule has 25 heavy (non-hydrogen) atoms. The Morgan fingerprint density at radius 2 is 1.80 bits per heavy atom. The highest BCUT2D eigenvalue weighted by molar-refractivity contribution is 6.56. The van der Waals surface area contributed by atoms with Gasteiger partial charge in [0.05, 0.1) is 17.8 Å². The van der Waals surface area contributed by atoms with Gasteiger partial charge in [-0.1, -0.05) is 6.08 Å². The van der Waals surface area contributed by atoms with Gasteiger partial charge in [-0.25, -0.2) is 4.79 Å². The lowest BCUT2D eigenvalue weighted by Crippen LogP contribution is -2.41. The molecule has 0 aliphatic carbocycles. The first-order valence-electron chi connectivity index (χ1n) is 8.66. The molecule has 1 aliphatic rings. The summed E-state index contributed by atoms with van der Waals surface area (Å²) in [6.45, 7) is 14.3. The van der Waals surface area contributed by atoms with Gasteiger partial charge >= 0.3 is 13.1 Å². The number of carbonyl (C=O) groups is 1. The van der Waals surface area contributed by atoms with Crippen molar-refractivity contribution in [1.82, 2.24) is 4.98 Å². The standard InChI is InChI=1S/C18H29BN2O4/c1-8-23-16(22)15-11(2)14(12(3)21-15)9-13(10-20)19-24-17(4,5)18(6,7)25-19/h9,21H,8,10,20H2,1-7H3. The summed E-state index contributed by atoms with van der Waals surface area (Å²) >= 11 is 0. The number of nitrogens with two attached hydrogens (primary N) is 1. The minimum absolute atomic E-state index is 0.301. The van der Waals surface area contributed by atoms with Crippen LogP contribution in [-0.4, -0.2) is 42.4 Å². The molecule has 2 heterocycles. The van der Waals surface area contributed by atoms with Crippen LogP contribution in [0.5, 0.6) is 0 Å². The summed E-state index contributed by atoms with van der Waals surface area (Å²) in [5.74, 6) is -0.354. The highest BCUT2D eigenvalue weighted by Gasteiger charge is 2.52. The van der Waals surface area contributed by atoms with Gasteiger partial charge in [0.15, 0.2) is 0 Å². The molecule has 6 nitrogen and oxygen atoms in total. The summed E-state index contributed by atoms with van der Waals surface area (Å²) in [6, 6.07) is 0. The third-order valence-corrected chi connectivity index (χ3v) is 5.10. The molecule has 1 fully saturated rings. The van der Waals surface area contributed by atoms with Gasteiger partial charge in [-0.3, -0.25) is 0 Å². The largest absolute Gasteiger partial charge is 0.491 e. The van der Waals surface area contributed by atoms with Crippen molar-refractivity contribution >= 4 is 19.2 Å². The number of aryl methyl sites for hydroxylation is 1. The zero-order valence-electron chi connectivity index (χ0n) is 16.3. The predicted octanol–water partition coefficient (Wildman–Crippen LogP) is 2.78. The van der Waals surface area contributed by atoms with Gasteiger partial charge in [-0.05, 0) is 65.1 Å². The summed E-state index contributed by atoms with van der Waals surface area (Å²) in [6.07, 6.45) is 1.95. The maximum atomic E-state index is 12.1. The minimum atomic E-state index is -0.505.